The molecule has 0 amide bonds. The molecule has 0 aliphatic rings. The molecule has 4 rings (SSSR count). The van der Waals surface area contributed by atoms with E-state index in [1.807, 2.05) is 48.5 Å². The fraction of sp³-hybridized carbons (Fsp3) is 0. The Morgan fingerprint density at radius 3 is 2.47 bits per heavy atom. The molecule has 0 saturated heterocycles. The lowest BCUT2D eigenvalue weighted by molar-refractivity contribution is 1.45. The maximum Gasteiger partial charge on any atom is 0.196 e. The number of benzene rings is 2. The molecule has 0 aliphatic carbocycles. The van der Waals surface area contributed by atoms with Gasteiger partial charge in [-0.05, 0) is 18.2 Å². The van der Waals surface area contributed by atoms with Crippen LogP contribution in [0.4, 0.5) is 0 Å². The molecular formula is C16H9NOS. The van der Waals surface area contributed by atoms with Gasteiger partial charge < -0.3 is 0 Å². The average molecular weight is 263 g/mol. The van der Waals surface area contributed by atoms with Crippen LogP contribution in [0.25, 0.3) is 31.1 Å². The van der Waals surface area contributed by atoms with Crippen molar-refractivity contribution in [2.45, 2.75) is 0 Å². The average Bonchev–Trinajstić information content (AvgIpc) is 2.47. The first kappa shape index (κ1) is 10.6. The SMILES string of the molecule is O=c1c2ccccc2sc2cnc3ccccc3c12. The second-order valence-electron chi connectivity index (χ2n) is 4.44. The van der Waals surface area contributed by atoms with Gasteiger partial charge in [0.25, 0.3) is 0 Å². The lowest BCUT2D eigenvalue weighted by Gasteiger charge is -2.03. The summed E-state index contributed by atoms with van der Waals surface area (Å²) in [6, 6.07) is 15.5. The third-order valence-corrected chi connectivity index (χ3v) is 4.42. The molecule has 2 nitrogen and oxygen atoms in total. The molecule has 0 fully saturated rings. The second kappa shape index (κ2) is 3.87. The minimum atomic E-state index is 0.1000. The summed E-state index contributed by atoms with van der Waals surface area (Å²) in [5.41, 5.74) is 0.970. The summed E-state index contributed by atoms with van der Waals surface area (Å²) in [4.78, 5) is 17.1. The number of hydrogen-bond donors (Lipinski definition) is 0. The Bertz CT molecular complexity index is 988. The van der Waals surface area contributed by atoms with Crippen LogP contribution in [0.5, 0.6) is 0 Å². The van der Waals surface area contributed by atoms with Gasteiger partial charge in [-0.2, -0.15) is 0 Å². The Balaban J connectivity index is 2.37. The molecule has 0 bridgehead atoms. The summed E-state index contributed by atoms with van der Waals surface area (Å²) >= 11 is 1.62. The predicted octanol–water partition coefficient (Wildman–Crippen LogP) is 3.96. The van der Waals surface area contributed by atoms with Crippen molar-refractivity contribution in [3.05, 3.63) is 65.0 Å². The largest absolute Gasteiger partial charge is 0.288 e. The summed E-state index contributed by atoms with van der Waals surface area (Å²) in [6.45, 7) is 0. The monoisotopic (exact) mass is 263 g/mol. The van der Waals surface area contributed by atoms with Gasteiger partial charge >= 0.3 is 0 Å². The number of rotatable bonds is 0. The van der Waals surface area contributed by atoms with E-state index in [1.165, 1.54) is 0 Å². The molecule has 0 saturated carbocycles. The van der Waals surface area contributed by atoms with Gasteiger partial charge in [-0.1, -0.05) is 30.3 Å². The third kappa shape index (κ3) is 1.48. The van der Waals surface area contributed by atoms with E-state index < -0.39 is 0 Å². The van der Waals surface area contributed by atoms with E-state index in [-0.39, 0.29) is 5.43 Å². The van der Waals surface area contributed by atoms with Gasteiger partial charge in [0.15, 0.2) is 5.43 Å². The second-order valence-corrected chi connectivity index (χ2v) is 5.53. The van der Waals surface area contributed by atoms with Crippen molar-refractivity contribution >= 4 is 42.4 Å². The zero-order valence-electron chi connectivity index (χ0n) is 9.96. The number of pyridine rings is 1. The van der Waals surface area contributed by atoms with E-state index in [2.05, 4.69) is 4.98 Å². The molecule has 0 spiro atoms. The lowest BCUT2D eigenvalue weighted by Crippen LogP contribution is -2.01. The molecule has 4 aromatic rings. The number of para-hydroxylation sites is 1. The van der Waals surface area contributed by atoms with Crippen LogP contribution in [0.3, 0.4) is 0 Å². The van der Waals surface area contributed by atoms with Crippen LogP contribution >= 0.6 is 11.3 Å². The molecule has 2 heterocycles. The van der Waals surface area contributed by atoms with E-state index in [0.717, 1.165) is 31.1 Å². The first-order chi connectivity index (χ1) is 9.34. The topological polar surface area (TPSA) is 30.0 Å². The standard InChI is InChI=1S/C16H9NOS/c18-16-11-6-2-4-8-13(11)19-14-9-17-12-7-3-1-5-10(12)15(14)16/h1-9H. The zero-order chi connectivity index (χ0) is 12.8. The highest BCUT2D eigenvalue weighted by Gasteiger charge is 2.09. The normalized spacial score (nSPS) is 11.4. The number of nitrogens with zero attached hydrogens (tertiary/aromatic N) is 1. The number of hydrogen-bond acceptors (Lipinski definition) is 3. The Morgan fingerprint density at radius 2 is 1.58 bits per heavy atom. The van der Waals surface area contributed by atoms with Gasteiger partial charge in [-0.3, -0.25) is 9.78 Å². The fourth-order valence-electron chi connectivity index (χ4n) is 2.43. The van der Waals surface area contributed by atoms with E-state index in [1.54, 1.807) is 17.5 Å². The molecule has 0 radical (unpaired) electrons. The molecule has 0 N–H and O–H groups in total. The van der Waals surface area contributed by atoms with Crippen LogP contribution in [-0.2, 0) is 0 Å². The summed E-state index contributed by atoms with van der Waals surface area (Å²) in [5, 5.41) is 2.51. The minimum Gasteiger partial charge on any atom is -0.288 e. The zero-order valence-corrected chi connectivity index (χ0v) is 10.8. The van der Waals surface area contributed by atoms with Crippen molar-refractivity contribution in [3.8, 4) is 0 Å². The van der Waals surface area contributed by atoms with Gasteiger partial charge in [-0.15, -0.1) is 11.3 Å². The molecule has 19 heavy (non-hydrogen) atoms. The van der Waals surface area contributed by atoms with Crippen LogP contribution in [0.2, 0.25) is 0 Å². The van der Waals surface area contributed by atoms with Gasteiger partial charge in [-0.25, -0.2) is 0 Å². The maximum absolute atomic E-state index is 12.7. The van der Waals surface area contributed by atoms with Gasteiger partial charge in [0.1, 0.15) is 0 Å². The van der Waals surface area contributed by atoms with Crippen molar-refractivity contribution in [2.75, 3.05) is 0 Å². The van der Waals surface area contributed by atoms with Crippen molar-refractivity contribution in [3.63, 3.8) is 0 Å². The van der Waals surface area contributed by atoms with E-state index >= 15 is 0 Å². The van der Waals surface area contributed by atoms with E-state index in [9.17, 15) is 4.79 Å². The van der Waals surface area contributed by atoms with Gasteiger partial charge in [0, 0.05) is 21.7 Å². The molecule has 3 heteroatoms. The van der Waals surface area contributed by atoms with Crippen molar-refractivity contribution in [1.29, 1.82) is 0 Å². The molecule has 0 aliphatic heterocycles. The number of aromatic nitrogens is 1. The highest BCUT2D eigenvalue weighted by Crippen LogP contribution is 2.28. The smallest absolute Gasteiger partial charge is 0.196 e. The van der Waals surface area contributed by atoms with Crippen molar-refractivity contribution in [2.24, 2.45) is 0 Å². The van der Waals surface area contributed by atoms with Gasteiger partial charge in [0.2, 0.25) is 0 Å². The first-order valence-electron chi connectivity index (χ1n) is 6.04. The predicted molar refractivity (Wildman–Crippen MR) is 80.9 cm³/mol. The van der Waals surface area contributed by atoms with Crippen LogP contribution < -0.4 is 5.43 Å². The Hall–Kier alpha value is -2.26. The van der Waals surface area contributed by atoms with Crippen LogP contribution in [0.15, 0.2) is 59.5 Å². The fourth-order valence-corrected chi connectivity index (χ4v) is 3.50. The van der Waals surface area contributed by atoms with Crippen LogP contribution in [-0.4, -0.2) is 4.98 Å². The molecular weight excluding hydrogens is 254 g/mol. The highest BCUT2D eigenvalue weighted by atomic mass is 32.1. The Kier molecular flexibility index (Phi) is 2.17. The Labute approximate surface area is 113 Å². The van der Waals surface area contributed by atoms with Crippen LogP contribution in [0.1, 0.15) is 0 Å². The lowest BCUT2D eigenvalue weighted by atomic mass is 10.1. The molecule has 2 aromatic carbocycles. The van der Waals surface area contributed by atoms with Crippen LogP contribution in [0, 0.1) is 0 Å². The summed E-state index contributed by atoms with van der Waals surface area (Å²) in [5.74, 6) is 0. The molecule has 90 valence electrons. The minimum absolute atomic E-state index is 0.1000. The summed E-state index contributed by atoms with van der Waals surface area (Å²) in [6.07, 6.45) is 1.80. The molecule has 0 atom stereocenters. The maximum atomic E-state index is 12.7. The quantitative estimate of drug-likeness (QED) is 0.355. The van der Waals surface area contributed by atoms with Crippen molar-refractivity contribution < 1.29 is 0 Å². The van der Waals surface area contributed by atoms with E-state index in [0.29, 0.717) is 0 Å². The molecule has 0 unspecified atom stereocenters. The van der Waals surface area contributed by atoms with Crippen molar-refractivity contribution in [1.82, 2.24) is 4.98 Å². The highest BCUT2D eigenvalue weighted by molar-refractivity contribution is 7.24. The third-order valence-electron chi connectivity index (χ3n) is 3.32. The summed E-state index contributed by atoms with van der Waals surface area (Å²) < 4.78 is 1.96. The van der Waals surface area contributed by atoms with E-state index in [4.69, 9.17) is 0 Å². The Morgan fingerprint density at radius 1 is 0.842 bits per heavy atom. The first-order valence-corrected chi connectivity index (χ1v) is 6.85. The summed E-state index contributed by atoms with van der Waals surface area (Å²) in [7, 11) is 0. The number of fused-ring (bicyclic) bond motifs is 4. The van der Waals surface area contributed by atoms with Gasteiger partial charge in [0.05, 0.1) is 15.6 Å². The molecule has 2 aromatic heterocycles.